The van der Waals surface area contributed by atoms with Crippen molar-refractivity contribution in [3.63, 3.8) is 0 Å². The normalized spacial score (nSPS) is 10.8. The molecule has 0 radical (unpaired) electrons. The van der Waals surface area contributed by atoms with E-state index in [4.69, 9.17) is 0 Å². The lowest BCUT2D eigenvalue weighted by Gasteiger charge is -2.04. The minimum absolute atomic E-state index is 1.04. The lowest BCUT2D eigenvalue weighted by molar-refractivity contribution is 1.05. The zero-order chi connectivity index (χ0) is 13.6. The van der Waals surface area contributed by atoms with Crippen molar-refractivity contribution >= 4 is 22.5 Å². The van der Waals surface area contributed by atoms with Crippen LogP contribution in [0.2, 0.25) is 0 Å². The largest absolute Gasteiger partial charge is 0.261 e. The third kappa shape index (κ3) is 3.40. The number of rotatable bonds is 5. The van der Waals surface area contributed by atoms with Gasteiger partial charge >= 0.3 is 0 Å². The number of nitrogens with zero attached hydrogens (tertiary/aromatic N) is 1. The molecule has 1 nitrogen and oxygen atoms in total. The zero-order valence-corrected chi connectivity index (χ0v) is 12.1. The Labute approximate surface area is 124 Å². The number of aryl methyl sites for hydroxylation is 1. The van der Waals surface area contributed by atoms with Gasteiger partial charge in [0.15, 0.2) is 0 Å². The second-order valence-corrected chi connectivity index (χ2v) is 5.91. The molecule has 2 aromatic carbocycles. The lowest BCUT2D eigenvalue weighted by Crippen LogP contribution is -1.92. The van der Waals surface area contributed by atoms with E-state index < -0.39 is 0 Å². The highest BCUT2D eigenvalue weighted by molar-refractivity contribution is 7.98. The molecule has 100 valence electrons. The average Bonchev–Trinajstić information content (AvgIpc) is 2.52. The Morgan fingerprint density at radius 3 is 2.55 bits per heavy atom. The van der Waals surface area contributed by atoms with Crippen LogP contribution >= 0.6 is 11.8 Å². The van der Waals surface area contributed by atoms with Crippen molar-refractivity contribution in [1.82, 2.24) is 4.98 Å². The maximum Gasteiger partial charge on any atom is 0.0411 e. The van der Waals surface area contributed by atoms with Gasteiger partial charge in [-0.15, -0.1) is 0 Å². The molecule has 20 heavy (non-hydrogen) atoms. The van der Waals surface area contributed by atoms with Gasteiger partial charge in [-0.2, -0.15) is 11.8 Å². The summed E-state index contributed by atoms with van der Waals surface area (Å²) in [6.45, 7) is 0. The number of aromatic nitrogens is 1. The van der Waals surface area contributed by atoms with Gasteiger partial charge in [-0.3, -0.25) is 4.98 Å². The topological polar surface area (TPSA) is 12.9 Å². The van der Waals surface area contributed by atoms with Crippen molar-refractivity contribution in [3.05, 3.63) is 78.1 Å². The number of hydrogen-bond donors (Lipinski definition) is 0. The summed E-state index contributed by atoms with van der Waals surface area (Å²) < 4.78 is 0. The Kier molecular flexibility index (Phi) is 4.34. The van der Waals surface area contributed by atoms with Gasteiger partial charge in [-0.05, 0) is 40.6 Å². The molecule has 0 saturated heterocycles. The maximum atomic E-state index is 4.35. The van der Waals surface area contributed by atoms with E-state index in [1.165, 1.54) is 22.0 Å². The van der Waals surface area contributed by atoms with Crippen LogP contribution in [0.3, 0.4) is 0 Å². The van der Waals surface area contributed by atoms with Gasteiger partial charge in [0, 0.05) is 17.6 Å². The number of fused-ring (bicyclic) bond motifs is 1. The monoisotopic (exact) mass is 279 g/mol. The molecule has 0 amide bonds. The first-order chi connectivity index (χ1) is 9.92. The summed E-state index contributed by atoms with van der Waals surface area (Å²) in [7, 11) is 0. The summed E-state index contributed by atoms with van der Waals surface area (Å²) >= 11 is 1.97. The number of thioether (sulfide) groups is 1. The Bertz CT molecular complexity index is 679. The molecule has 0 bridgehead atoms. The summed E-state index contributed by atoms with van der Waals surface area (Å²) in [5.74, 6) is 2.18. The van der Waals surface area contributed by atoms with Crippen molar-refractivity contribution in [2.45, 2.75) is 12.2 Å². The van der Waals surface area contributed by atoms with E-state index >= 15 is 0 Å². The first kappa shape index (κ1) is 13.2. The van der Waals surface area contributed by atoms with Crippen molar-refractivity contribution in [3.8, 4) is 0 Å². The fourth-order valence-corrected chi connectivity index (χ4v) is 3.15. The van der Waals surface area contributed by atoms with Gasteiger partial charge in [0.2, 0.25) is 0 Å². The van der Waals surface area contributed by atoms with Crippen molar-refractivity contribution < 1.29 is 0 Å². The van der Waals surface area contributed by atoms with Gasteiger partial charge < -0.3 is 0 Å². The third-order valence-corrected chi connectivity index (χ3v) is 4.34. The zero-order valence-electron chi connectivity index (χ0n) is 11.3. The van der Waals surface area contributed by atoms with Crippen LogP contribution < -0.4 is 0 Å². The quantitative estimate of drug-likeness (QED) is 0.627. The van der Waals surface area contributed by atoms with Crippen LogP contribution in [-0.2, 0) is 12.2 Å². The first-order valence-corrected chi connectivity index (χ1v) is 8.03. The van der Waals surface area contributed by atoms with E-state index in [-0.39, 0.29) is 0 Å². The fraction of sp³-hybridized carbons (Fsp3) is 0.167. The highest BCUT2D eigenvalue weighted by atomic mass is 32.2. The molecular weight excluding hydrogens is 262 g/mol. The molecule has 2 heteroatoms. The van der Waals surface area contributed by atoms with E-state index in [0.717, 1.165) is 17.9 Å². The number of pyridine rings is 1. The third-order valence-electron chi connectivity index (χ3n) is 3.31. The highest BCUT2D eigenvalue weighted by Gasteiger charge is 1.98. The maximum absolute atomic E-state index is 4.35. The SMILES string of the molecule is c1ccc(CCSCc2ccc3ccccc3c2)nc1. The molecule has 1 heterocycles. The molecule has 0 atom stereocenters. The fourth-order valence-electron chi connectivity index (χ4n) is 2.24. The van der Waals surface area contributed by atoms with E-state index in [1.54, 1.807) is 0 Å². The minimum atomic E-state index is 1.04. The molecule has 0 aliphatic carbocycles. The van der Waals surface area contributed by atoms with Crippen LogP contribution in [-0.4, -0.2) is 10.7 Å². The predicted molar refractivity (Wildman–Crippen MR) is 88.1 cm³/mol. The van der Waals surface area contributed by atoms with Gasteiger partial charge in [0.05, 0.1) is 0 Å². The van der Waals surface area contributed by atoms with Crippen LogP contribution in [0, 0.1) is 0 Å². The molecule has 0 unspecified atom stereocenters. The van der Waals surface area contributed by atoms with Crippen LogP contribution in [0.5, 0.6) is 0 Å². The van der Waals surface area contributed by atoms with Gasteiger partial charge in [-0.1, -0.05) is 48.5 Å². The van der Waals surface area contributed by atoms with Gasteiger partial charge in [0.1, 0.15) is 0 Å². The molecule has 0 saturated carbocycles. The Morgan fingerprint density at radius 2 is 1.70 bits per heavy atom. The molecule has 3 rings (SSSR count). The molecule has 1 aromatic heterocycles. The second-order valence-electron chi connectivity index (χ2n) is 4.81. The van der Waals surface area contributed by atoms with Crippen molar-refractivity contribution in [2.24, 2.45) is 0 Å². The molecule has 3 aromatic rings. The first-order valence-electron chi connectivity index (χ1n) is 6.87. The summed E-state index contributed by atoms with van der Waals surface area (Å²) in [4.78, 5) is 4.35. The average molecular weight is 279 g/mol. The molecular formula is C18H17NS. The van der Waals surface area contributed by atoms with E-state index in [9.17, 15) is 0 Å². The van der Waals surface area contributed by atoms with Gasteiger partial charge in [0.25, 0.3) is 0 Å². The lowest BCUT2D eigenvalue weighted by atomic mass is 10.1. The summed E-state index contributed by atoms with van der Waals surface area (Å²) in [6.07, 6.45) is 2.91. The van der Waals surface area contributed by atoms with Crippen LogP contribution in [0.1, 0.15) is 11.3 Å². The predicted octanol–water partition coefficient (Wildman–Crippen LogP) is 4.71. The Morgan fingerprint density at radius 1 is 0.850 bits per heavy atom. The van der Waals surface area contributed by atoms with Gasteiger partial charge in [-0.25, -0.2) is 0 Å². The molecule has 0 N–H and O–H groups in total. The van der Waals surface area contributed by atoms with Crippen LogP contribution in [0.15, 0.2) is 66.9 Å². The van der Waals surface area contributed by atoms with Crippen LogP contribution in [0.25, 0.3) is 10.8 Å². The Hall–Kier alpha value is -1.80. The number of benzene rings is 2. The van der Waals surface area contributed by atoms with Crippen molar-refractivity contribution in [2.75, 3.05) is 5.75 Å². The minimum Gasteiger partial charge on any atom is -0.261 e. The molecule has 0 spiro atoms. The standard InChI is InChI=1S/C18H17NS/c1-2-6-17-13-15(8-9-16(17)5-1)14-20-12-10-18-7-3-4-11-19-18/h1-9,11,13H,10,12,14H2. The smallest absolute Gasteiger partial charge is 0.0411 e. The summed E-state index contributed by atoms with van der Waals surface area (Å²) in [5.41, 5.74) is 2.58. The number of hydrogen-bond acceptors (Lipinski definition) is 2. The van der Waals surface area contributed by atoms with Crippen LogP contribution in [0.4, 0.5) is 0 Å². The molecule has 0 fully saturated rings. The van der Waals surface area contributed by atoms with E-state index in [1.807, 2.05) is 24.0 Å². The van der Waals surface area contributed by atoms with Crippen molar-refractivity contribution in [1.29, 1.82) is 0 Å². The van der Waals surface area contributed by atoms with E-state index in [0.29, 0.717) is 0 Å². The summed E-state index contributed by atoms with van der Waals surface area (Å²) in [6, 6.07) is 21.4. The highest BCUT2D eigenvalue weighted by Crippen LogP contribution is 2.19. The second kappa shape index (κ2) is 6.58. The van der Waals surface area contributed by atoms with E-state index in [2.05, 4.69) is 59.6 Å². The summed E-state index contributed by atoms with van der Waals surface area (Å²) in [5, 5.41) is 2.64. The Balaban J connectivity index is 1.55. The molecule has 0 aliphatic heterocycles. The molecule has 0 aliphatic rings.